The number of thiophene rings is 3. The number of benzene rings is 23. The van der Waals surface area contributed by atoms with Crippen molar-refractivity contribution in [1.82, 2.24) is 48.6 Å². The van der Waals surface area contributed by atoms with Crippen molar-refractivity contribution >= 4 is 225 Å². The van der Waals surface area contributed by atoms with Crippen molar-refractivity contribution in [1.29, 1.82) is 0 Å². The second-order valence-electron chi connectivity index (χ2n) is 39.5. The van der Waals surface area contributed by atoms with Crippen LogP contribution in [0.25, 0.3) is 332 Å². The van der Waals surface area contributed by atoms with E-state index in [-0.39, 0.29) is 0 Å². The molecule has 13 heteroatoms. The molecule has 3 aliphatic rings. The summed E-state index contributed by atoms with van der Waals surface area (Å²) in [4.78, 5) is 36.3. The fourth-order valence-corrected chi connectivity index (χ4v) is 28.2. The van der Waals surface area contributed by atoms with Crippen LogP contribution in [0.15, 0.2) is 461 Å². The third-order valence-corrected chi connectivity index (χ3v) is 34.8. The summed E-state index contributed by atoms with van der Waals surface area (Å²) in [5.41, 5.74) is 32.8. The van der Waals surface area contributed by atoms with Gasteiger partial charge in [0.05, 0.1) is 55.3 Å². The molecule has 0 bridgehead atoms. The van der Waals surface area contributed by atoms with E-state index in [9.17, 15) is 0 Å². The minimum Gasteiger partial charge on any atom is -0.309 e. The zero-order valence-electron chi connectivity index (χ0n) is 80.1. The lowest BCUT2D eigenvalue weighted by molar-refractivity contribution is 1.01. The van der Waals surface area contributed by atoms with Crippen LogP contribution in [0.5, 0.6) is 0 Å². The monoisotopic (exact) mass is 1960 g/mol. The number of hydrogen-bond donors (Lipinski definition) is 0. The lowest BCUT2D eigenvalue weighted by Crippen LogP contribution is -2.03. The summed E-state index contributed by atoms with van der Waals surface area (Å²) in [7, 11) is 0. The Morgan fingerprint density at radius 2 is 0.500 bits per heavy atom. The Kier molecular flexibility index (Phi) is 17.8. The first kappa shape index (κ1) is 83.2. The van der Waals surface area contributed by atoms with E-state index >= 15 is 0 Å². The molecule has 150 heavy (non-hydrogen) atoms. The number of aromatic nitrogens is 10. The Morgan fingerprint density at radius 1 is 0.160 bits per heavy atom. The van der Waals surface area contributed by atoms with E-state index < -0.39 is 0 Å². The smallest absolute Gasteiger partial charge is 0.235 e. The van der Waals surface area contributed by atoms with Crippen molar-refractivity contribution in [3.63, 3.8) is 0 Å². The van der Waals surface area contributed by atoms with E-state index in [0.29, 0.717) is 23.4 Å². The Morgan fingerprint density at radius 3 is 0.993 bits per heavy atom. The third kappa shape index (κ3) is 12.4. The van der Waals surface area contributed by atoms with Crippen LogP contribution < -0.4 is 0 Å². The average molecular weight is 1960 g/mol. The van der Waals surface area contributed by atoms with E-state index in [4.69, 9.17) is 34.9 Å². The minimum absolute atomic E-state index is 0.641. The van der Waals surface area contributed by atoms with E-state index in [2.05, 4.69) is 432 Å². The number of fused-ring (bicyclic) bond motifs is 21. The number of nitrogens with zero attached hydrogens (tertiary/aromatic N) is 10. The van der Waals surface area contributed by atoms with Gasteiger partial charge in [0, 0.05) is 132 Å². The summed E-state index contributed by atoms with van der Waals surface area (Å²) in [5, 5.41) is 26.6. The molecule has 0 spiro atoms. The Labute approximate surface area is 868 Å². The summed E-state index contributed by atoms with van der Waals surface area (Å²) in [5.74, 6) is 3.48. The number of hydrogen-bond acceptors (Lipinski definition) is 10. The molecule has 0 unspecified atom stereocenters. The van der Waals surface area contributed by atoms with Crippen LogP contribution in [0.1, 0.15) is 0 Å². The molecule has 0 amide bonds. The minimum atomic E-state index is 0.641. The highest BCUT2D eigenvalue weighted by molar-refractivity contribution is 7.26. The third-order valence-electron chi connectivity index (χ3n) is 31.4. The molecular formula is C137H76N10S3. The van der Waals surface area contributed by atoms with Gasteiger partial charge >= 0.3 is 0 Å². The maximum Gasteiger partial charge on any atom is 0.235 e. The zero-order chi connectivity index (χ0) is 97.8. The lowest BCUT2D eigenvalue weighted by Gasteiger charge is -2.16. The fraction of sp³-hybridized carbons (Fsp3) is 0. The normalized spacial score (nSPS) is 12.3. The average Bonchev–Trinajstić information content (AvgIpc) is 1.55. The van der Waals surface area contributed by atoms with Gasteiger partial charge in [0.15, 0.2) is 23.3 Å². The summed E-state index contributed by atoms with van der Waals surface area (Å²) in [6.45, 7) is 0. The highest BCUT2D eigenvalue weighted by Gasteiger charge is 2.33. The first-order valence-corrected chi connectivity index (χ1v) is 53.2. The van der Waals surface area contributed by atoms with Gasteiger partial charge in [0.25, 0.3) is 0 Å². The van der Waals surface area contributed by atoms with Crippen LogP contribution in [0.2, 0.25) is 0 Å². The zero-order valence-corrected chi connectivity index (χ0v) is 82.5. The number of para-hydroxylation sites is 3. The van der Waals surface area contributed by atoms with Crippen LogP contribution in [-0.4, -0.2) is 48.6 Å². The largest absolute Gasteiger partial charge is 0.309 e. The van der Waals surface area contributed by atoms with E-state index in [1.165, 1.54) is 208 Å². The topological polar surface area (TPSA) is 105 Å². The second kappa shape index (κ2) is 32.2. The van der Waals surface area contributed by atoms with Gasteiger partial charge in [-0.3, -0.25) is 9.13 Å². The van der Waals surface area contributed by atoms with E-state index in [1.807, 2.05) is 76.5 Å². The molecule has 0 radical (unpaired) electrons. The van der Waals surface area contributed by atoms with Crippen molar-refractivity contribution in [3.8, 4) is 141 Å². The predicted octanol–water partition coefficient (Wildman–Crippen LogP) is 37.4. The number of rotatable bonds is 8. The molecule has 3 aliphatic carbocycles. The molecule has 0 N–H and O–H groups in total. The maximum atomic E-state index is 5.36. The van der Waals surface area contributed by atoms with Gasteiger partial charge in [-0.05, 0) is 249 Å². The lowest BCUT2D eigenvalue weighted by atomic mass is 9.92. The van der Waals surface area contributed by atoms with Gasteiger partial charge in [-0.1, -0.05) is 322 Å². The fourth-order valence-electron chi connectivity index (χ4n) is 24.9. The summed E-state index contributed by atoms with van der Waals surface area (Å²) in [6.07, 6.45) is 0. The standard InChI is InChI=1S/C53H30N4S.2C42H23N3S/c1-2-11-33(12-3-1)51-54-52(56-53(55-51)36-21-20-31-10-4-5-13-35(31)28-36)34-22-25-37(26-23-34)57-44-18-9-17-40-42-30-47-43(38-15-6-7-19-46(38)58-47)29-41(42)39-16-8-14-32-24-27-45(57)50(48(32)39)49(40)44;1-2-10-25(11-3-1)41-42(44-33-17-6-5-16-32(33)43-41)45-34-18-9-15-28-30-23-37-31(26-13-4-7-19-36(26)46-37)22-29(30)27-14-8-12-24-20-21-35(45)40(38(24)27)39(28)34;1-2-10-25(11-3-1)41-29-14-4-6-17-33(29)43-42(44-41)45-34-18-9-16-28-31-23-37-32(26-13-5-7-19-36(26)46-37)22-30(31)27-15-8-12-24-20-21-35(45)40(38(24)27)39(28)34/h1-30H;2*1-23H. The SMILES string of the molecule is c1ccc(-c2nc(-c3ccc(-n4c5cccc6c5c5c7c(cccc7ccc54)-c4cc5c(cc4-6)sc4ccccc45)cc3)nc(-c3ccc4ccccc4c3)n2)cc1.c1ccc(-c2nc(-n3c4cccc5c4c4c6c(cccc6ccc43)-c3cc4c(cc3-5)sc3ccccc34)nc3ccccc23)cc1.c1ccc(-c2nc3ccccc3nc2-n2c3cccc4c3c3c5c(cccc5ccc32)-c2cc3c(cc2-4)sc2ccccc23)cc1. The molecule has 0 saturated carbocycles. The predicted molar refractivity (Wildman–Crippen MR) is 631 cm³/mol. The highest BCUT2D eigenvalue weighted by atomic mass is 32.1. The van der Waals surface area contributed by atoms with Crippen molar-refractivity contribution in [2.75, 3.05) is 0 Å². The van der Waals surface area contributed by atoms with Gasteiger partial charge in [-0.25, -0.2) is 34.9 Å². The molecule has 9 heterocycles. The van der Waals surface area contributed by atoms with Gasteiger partial charge in [0.2, 0.25) is 5.95 Å². The van der Waals surface area contributed by atoms with Gasteiger partial charge in [-0.2, -0.15) is 0 Å². The molecule has 10 nitrogen and oxygen atoms in total. The van der Waals surface area contributed by atoms with Crippen LogP contribution >= 0.6 is 34.0 Å². The molecule has 23 aromatic carbocycles. The van der Waals surface area contributed by atoms with E-state index in [1.54, 1.807) is 0 Å². The van der Waals surface area contributed by atoms with Crippen molar-refractivity contribution in [3.05, 3.63) is 461 Å². The van der Waals surface area contributed by atoms with Gasteiger partial charge < -0.3 is 4.57 Å². The molecule has 0 fully saturated rings. The maximum absolute atomic E-state index is 5.36. The highest BCUT2D eigenvalue weighted by Crippen LogP contribution is 2.58. The first-order valence-electron chi connectivity index (χ1n) is 50.8. The molecule has 0 aliphatic heterocycles. The Balaban J connectivity index is 0.0000000984. The molecule has 0 saturated heterocycles. The Hall–Kier alpha value is -19.2. The van der Waals surface area contributed by atoms with Crippen molar-refractivity contribution < 1.29 is 0 Å². The molecule has 32 aromatic rings. The summed E-state index contributed by atoms with van der Waals surface area (Å²) in [6, 6.07) is 166. The van der Waals surface area contributed by atoms with Gasteiger partial charge in [-0.15, -0.1) is 34.0 Å². The molecular weight excluding hydrogens is 1880 g/mol. The molecule has 692 valence electrons. The molecule has 9 aromatic heterocycles. The van der Waals surface area contributed by atoms with Crippen LogP contribution in [0.4, 0.5) is 0 Å². The summed E-state index contributed by atoms with van der Waals surface area (Å²) >= 11 is 5.64. The Bertz CT molecular complexity index is 11500. The van der Waals surface area contributed by atoms with Crippen LogP contribution in [0, 0.1) is 0 Å². The second-order valence-corrected chi connectivity index (χ2v) is 42.7. The van der Waals surface area contributed by atoms with Gasteiger partial charge in [0.1, 0.15) is 5.69 Å². The summed E-state index contributed by atoms with van der Waals surface area (Å²) < 4.78 is 15.0. The molecule has 35 rings (SSSR count). The van der Waals surface area contributed by atoms with Crippen LogP contribution in [-0.2, 0) is 0 Å². The quantitative estimate of drug-likeness (QED) is 0.149. The van der Waals surface area contributed by atoms with Crippen LogP contribution in [0.3, 0.4) is 0 Å². The first-order chi connectivity index (χ1) is 74.4. The van der Waals surface area contributed by atoms with Crippen molar-refractivity contribution in [2.45, 2.75) is 0 Å². The van der Waals surface area contributed by atoms with Crippen molar-refractivity contribution in [2.24, 2.45) is 0 Å². The van der Waals surface area contributed by atoms with E-state index in [0.717, 1.165) is 100 Å². The molecule has 0 atom stereocenters.